The van der Waals surface area contributed by atoms with Gasteiger partial charge in [0.05, 0.1) is 18.6 Å². The van der Waals surface area contributed by atoms with Crippen LogP contribution in [-0.2, 0) is 0 Å². The van der Waals surface area contributed by atoms with Crippen molar-refractivity contribution in [1.82, 2.24) is 5.32 Å². The van der Waals surface area contributed by atoms with Crippen LogP contribution in [0.2, 0.25) is 0 Å². The molecule has 0 saturated heterocycles. The van der Waals surface area contributed by atoms with Crippen LogP contribution in [0.15, 0.2) is 77.2 Å². The van der Waals surface area contributed by atoms with Crippen molar-refractivity contribution in [2.24, 2.45) is 0 Å². The van der Waals surface area contributed by atoms with E-state index in [0.29, 0.717) is 0 Å². The Kier molecular flexibility index (Phi) is 8.51. The van der Waals surface area contributed by atoms with Crippen molar-refractivity contribution in [1.29, 1.82) is 0 Å². The highest BCUT2D eigenvalue weighted by molar-refractivity contribution is 5.69. The summed E-state index contributed by atoms with van der Waals surface area (Å²) in [6, 6.07) is 24.7. The number of halogens is 1. The Hall–Kier alpha value is -1.72. The standard InChI is InChI=1S/C18H15O.C2H7N.HI/c1-14-12-17(15-8-4-2-5-9-15)13-18(19-14)16-10-6-3-7-11-16;1-3-2;/h2-13H,1H3;3H,1-2H3;1H/q+1;;/p-1. The first-order chi connectivity index (χ1) is 10.7. The van der Waals surface area contributed by atoms with Gasteiger partial charge in [0.15, 0.2) is 0 Å². The van der Waals surface area contributed by atoms with Gasteiger partial charge in [-0.25, -0.2) is 4.42 Å². The van der Waals surface area contributed by atoms with E-state index in [1.54, 1.807) is 0 Å². The van der Waals surface area contributed by atoms with E-state index in [9.17, 15) is 0 Å². The van der Waals surface area contributed by atoms with Crippen LogP contribution < -0.4 is 29.3 Å². The smallest absolute Gasteiger partial charge is 0.360 e. The fourth-order valence-electron chi connectivity index (χ4n) is 2.18. The van der Waals surface area contributed by atoms with Gasteiger partial charge in [0.25, 0.3) is 0 Å². The van der Waals surface area contributed by atoms with E-state index in [1.807, 2.05) is 45.3 Å². The molecule has 1 aromatic heterocycles. The highest BCUT2D eigenvalue weighted by atomic mass is 127. The summed E-state index contributed by atoms with van der Waals surface area (Å²) in [5.41, 5.74) is 3.49. The first-order valence-corrected chi connectivity index (χ1v) is 7.38. The van der Waals surface area contributed by atoms with Gasteiger partial charge >= 0.3 is 11.5 Å². The molecular weight excluding hydrogens is 397 g/mol. The lowest BCUT2D eigenvalue weighted by atomic mass is 10.0. The lowest BCUT2D eigenvalue weighted by molar-refractivity contribution is -0.00000518. The summed E-state index contributed by atoms with van der Waals surface area (Å²) in [5, 5.41) is 2.75. The SMILES string of the molecule is CNC.Cc1cc(-c2ccccc2)cc(-c2ccccc2)[o+]1.[I-]. The Bertz CT molecular complexity index is 642. The minimum absolute atomic E-state index is 0. The lowest BCUT2D eigenvalue weighted by Gasteiger charge is -2.00. The van der Waals surface area contributed by atoms with Crippen LogP contribution >= 0.6 is 0 Å². The van der Waals surface area contributed by atoms with Gasteiger partial charge in [0, 0.05) is 11.6 Å². The third kappa shape index (κ3) is 5.77. The van der Waals surface area contributed by atoms with Gasteiger partial charge in [-0.2, -0.15) is 0 Å². The number of aryl methyl sites for hydroxylation is 1. The van der Waals surface area contributed by atoms with Crippen LogP contribution in [0, 0.1) is 6.92 Å². The Balaban J connectivity index is 0.000000615. The summed E-state index contributed by atoms with van der Waals surface area (Å²) in [4.78, 5) is 0. The minimum atomic E-state index is 0. The van der Waals surface area contributed by atoms with Crippen molar-refractivity contribution < 1.29 is 28.4 Å². The second-order valence-corrected chi connectivity index (χ2v) is 5.05. The molecule has 120 valence electrons. The number of hydrogen-bond donors (Lipinski definition) is 1. The summed E-state index contributed by atoms with van der Waals surface area (Å²) in [5.74, 6) is 1.82. The van der Waals surface area contributed by atoms with Crippen LogP contribution in [0.3, 0.4) is 0 Å². The normalized spacial score (nSPS) is 9.35. The summed E-state index contributed by atoms with van der Waals surface area (Å²) < 4.78 is 5.83. The van der Waals surface area contributed by atoms with E-state index in [2.05, 4.69) is 53.8 Å². The molecule has 3 heteroatoms. The molecule has 0 aliphatic rings. The van der Waals surface area contributed by atoms with E-state index < -0.39 is 0 Å². The maximum atomic E-state index is 5.83. The molecule has 0 radical (unpaired) electrons. The van der Waals surface area contributed by atoms with Crippen LogP contribution in [0.25, 0.3) is 22.5 Å². The predicted molar refractivity (Wildman–Crippen MR) is 93.7 cm³/mol. The van der Waals surface area contributed by atoms with Crippen LogP contribution in [0.5, 0.6) is 0 Å². The minimum Gasteiger partial charge on any atom is -1.00 e. The molecule has 0 bridgehead atoms. The highest BCUT2D eigenvalue weighted by Gasteiger charge is 2.15. The molecule has 1 heterocycles. The van der Waals surface area contributed by atoms with Crippen LogP contribution in [0.4, 0.5) is 0 Å². The third-order valence-electron chi connectivity index (χ3n) is 3.08. The maximum absolute atomic E-state index is 5.83. The number of hydrogen-bond acceptors (Lipinski definition) is 1. The van der Waals surface area contributed by atoms with E-state index in [0.717, 1.165) is 17.1 Å². The zero-order chi connectivity index (χ0) is 15.8. The van der Waals surface area contributed by atoms with E-state index in [-0.39, 0.29) is 24.0 Å². The average molecular weight is 419 g/mol. The van der Waals surface area contributed by atoms with E-state index in [1.165, 1.54) is 11.1 Å². The first kappa shape index (κ1) is 19.3. The zero-order valence-corrected chi connectivity index (χ0v) is 15.9. The molecule has 0 aliphatic heterocycles. The van der Waals surface area contributed by atoms with Gasteiger partial charge in [-0.3, -0.25) is 0 Å². The van der Waals surface area contributed by atoms with Crippen molar-refractivity contribution in [2.45, 2.75) is 6.92 Å². The molecule has 0 spiro atoms. The Morgan fingerprint density at radius 3 is 1.70 bits per heavy atom. The molecule has 0 fully saturated rings. The second kappa shape index (κ2) is 10.1. The van der Waals surface area contributed by atoms with E-state index in [4.69, 9.17) is 4.42 Å². The summed E-state index contributed by atoms with van der Waals surface area (Å²) in [7, 11) is 3.75. The fraction of sp³-hybridized carbons (Fsp3) is 0.150. The molecular formula is C20H22INO. The molecule has 0 saturated carbocycles. The average Bonchev–Trinajstić information content (AvgIpc) is 2.57. The van der Waals surface area contributed by atoms with E-state index >= 15 is 0 Å². The Morgan fingerprint density at radius 1 is 0.696 bits per heavy atom. The topological polar surface area (TPSA) is 23.3 Å². The van der Waals surface area contributed by atoms with Crippen molar-refractivity contribution in [3.05, 3.63) is 78.6 Å². The monoisotopic (exact) mass is 419 g/mol. The van der Waals surface area contributed by atoms with Crippen molar-refractivity contribution in [3.8, 4) is 22.5 Å². The molecule has 2 nitrogen and oxygen atoms in total. The molecule has 2 aromatic carbocycles. The molecule has 3 aromatic rings. The lowest BCUT2D eigenvalue weighted by Crippen LogP contribution is -3.00. The van der Waals surface area contributed by atoms with Gasteiger partial charge in [-0.15, -0.1) is 0 Å². The van der Waals surface area contributed by atoms with Crippen molar-refractivity contribution in [3.63, 3.8) is 0 Å². The number of rotatable bonds is 2. The molecule has 1 N–H and O–H groups in total. The quantitative estimate of drug-likeness (QED) is 0.508. The molecule has 0 atom stereocenters. The summed E-state index contributed by atoms with van der Waals surface area (Å²) in [6.45, 7) is 1.98. The molecule has 0 amide bonds. The maximum Gasteiger partial charge on any atom is 0.360 e. The largest absolute Gasteiger partial charge is 1.00 e. The fourth-order valence-corrected chi connectivity index (χ4v) is 2.18. The molecule has 23 heavy (non-hydrogen) atoms. The molecule has 3 rings (SSSR count). The van der Waals surface area contributed by atoms with Gasteiger partial charge in [-0.1, -0.05) is 48.5 Å². The third-order valence-corrected chi connectivity index (χ3v) is 3.08. The molecule has 0 aliphatic carbocycles. The van der Waals surface area contributed by atoms with Gasteiger partial charge < -0.3 is 29.3 Å². The van der Waals surface area contributed by atoms with Gasteiger partial charge in [-0.05, 0) is 31.8 Å². The van der Waals surface area contributed by atoms with Crippen molar-refractivity contribution >= 4 is 0 Å². The van der Waals surface area contributed by atoms with Crippen LogP contribution in [0.1, 0.15) is 5.76 Å². The first-order valence-electron chi connectivity index (χ1n) is 7.38. The van der Waals surface area contributed by atoms with Crippen LogP contribution in [-0.4, -0.2) is 14.1 Å². The Morgan fingerprint density at radius 2 is 1.17 bits per heavy atom. The zero-order valence-electron chi connectivity index (χ0n) is 13.7. The number of nitrogens with one attached hydrogen (secondary N) is 1. The summed E-state index contributed by atoms with van der Waals surface area (Å²) >= 11 is 0. The number of benzene rings is 2. The van der Waals surface area contributed by atoms with Crippen molar-refractivity contribution in [2.75, 3.05) is 14.1 Å². The highest BCUT2D eigenvalue weighted by Crippen LogP contribution is 2.27. The second-order valence-electron chi connectivity index (χ2n) is 5.05. The van der Waals surface area contributed by atoms with Gasteiger partial charge in [0.2, 0.25) is 0 Å². The molecule has 0 unspecified atom stereocenters. The Labute approximate surface area is 155 Å². The predicted octanol–water partition coefficient (Wildman–Crippen LogP) is 2.04. The van der Waals surface area contributed by atoms with Gasteiger partial charge in [0.1, 0.15) is 0 Å². The summed E-state index contributed by atoms with van der Waals surface area (Å²) in [6.07, 6.45) is 0.